The summed E-state index contributed by atoms with van der Waals surface area (Å²) in [7, 11) is 4.30. The Morgan fingerprint density at radius 3 is 2.07 bits per heavy atom. The van der Waals surface area contributed by atoms with Crippen LogP contribution < -0.4 is 9.47 Å². The van der Waals surface area contributed by atoms with Gasteiger partial charge >= 0.3 is 5.97 Å². The Balaban J connectivity index is 2.34. The van der Waals surface area contributed by atoms with E-state index in [-0.39, 0.29) is 24.8 Å². The van der Waals surface area contributed by atoms with Gasteiger partial charge in [-0.3, -0.25) is 9.59 Å². The van der Waals surface area contributed by atoms with Crippen LogP contribution in [0.3, 0.4) is 0 Å². The molecule has 1 unspecified atom stereocenters. The summed E-state index contributed by atoms with van der Waals surface area (Å²) >= 11 is 0. The quantitative estimate of drug-likeness (QED) is 0.648. The minimum absolute atomic E-state index is 0.141. The number of hydrogen-bond donors (Lipinski definition) is 0. The number of rotatable bonds is 8. The SMILES string of the molecule is COC(=O)C(C)CN(Cc1ccc(F)cc1)C(=O)c1cc(OC)cc(OC)c1. The first-order valence-electron chi connectivity index (χ1n) is 8.72. The minimum atomic E-state index is -0.526. The Morgan fingerprint density at radius 1 is 1.00 bits per heavy atom. The standard InChI is InChI=1S/C21H24FNO5/c1-14(21(25)28-4)12-23(13-15-5-7-17(22)8-6-15)20(24)16-9-18(26-2)11-19(10-16)27-3/h5-11,14H,12-13H2,1-4H3. The average molecular weight is 389 g/mol. The summed E-state index contributed by atoms with van der Waals surface area (Å²) in [5.74, 6) is -0.655. The Hall–Kier alpha value is -3.09. The fraction of sp³-hybridized carbons (Fsp3) is 0.333. The molecule has 2 aromatic rings. The summed E-state index contributed by atoms with van der Waals surface area (Å²) in [6, 6.07) is 10.7. The number of nitrogens with zero attached hydrogens (tertiary/aromatic N) is 1. The van der Waals surface area contributed by atoms with Crippen LogP contribution in [0.15, 0.2) is 42.5 Å². The van der Waals surface area contributed by atoms with Gasteiger partial charge in [-0.05, 0) is 29.8 Å². The van der Waals surface area contributed by atoms with Crippen molar-refractivity contribution in [3.05, 3.63) is 59.4 Å². The highest BCUT2D eigenvalue weighted by Crippen LogP contribution is 2.24. The van der Waals surface area contributed by atoms with E-state index >= 15 is 0 Å². The number of carbonyl (C=O) groups excluding carboxylic acids is 2. The van der Waals surface area contributed by atoms with Gasteiger partial charge in [0, 0.05) is 24.7 Å². The molecule has 0 aliphatic heterocycles. The second kappa shape index (κ2) is 9.73. The Bertz CT molecular complexity index is 800. The normalized spacial score (nSPS) is 11.5. The lowest BCUT2D eigenvalue weighted by Gasteiger charge is -2.25. The number of esters is 1. The van der Waals surface area contributed by atoms with Gasteiger partial charge in [0.05, 0.1) is 27.2 Å². The molecule has 6 nitrogen and oxygen atoms in total. The molecule has 28 heavy (non-hydrogen) atoms. The smallest absolute Gasteiger partial charge is 0.310 e. The highest BCUT2D eigenvalue weighted by Gasteiger charge is 2.24. The molecule has 0 N–H and O–H groups in total. The van der Waals surface area contributed by atoms with E-state index in [1.165, 1.54) is 38.4 Å². The van der Waals surface area contributed by atoms with Crippen molar-refractivity contribution in [1.82, 2.24) is 4.90 Å². The van der Waals surface area contributed by atoms with Crippen molar-refractivity contribution in [2.24, 2.45) is 5.92 Å². The number of methoxy groups -OCH3 is 3. The van der Waals surface area contributed by atoms with Crippen LogP contribution in [-0.2, 0) is 16.1 Å². The molecule has 0 spiro atoms. The third-order valence-corrected chi connectivity index (χ3v) is 4.27. The molecule has 0 heterocycles. The molecule has 0 fully saturated rings. The number of carbonyl (C=O) groups is 2. The molecule has 1 atom stereocenters. The van der Waals surface area contributed by atoms with Crippen molar-refractivity contribution in [3.63, 3.8) is 0 Å². The maximum atomic E-state index is 13.2. The number of amides is 1. The van der Waals surface area contributed by atoms with Crippen LogP contribution in [-0.4, -0.2) is 44.7 Å². The van der Waals surface area contributed by atoms with Gasteiger partial charge in [0.25, 0.3) is 5.91 Å². The summed E-state index contributed by atoms with van der Waals surface area (Å²) in [4.78, 5) is 26.6. The lowest BCUT2D eigenvalue weighted by Crippen LogP contribution is -2.37. The second-order valence-corrected chi connectivity index (χ2v) is 6.34. The van der Waals surface area contributed by atoms with E-state index in [1.807, 2.05) is 0 Å². The maximum absolute atomic E-state index is 13.2. The Kier molecular flexibility index (Phi) is 7.37. The fourth-order valence-electron chi connectivity index (χ4n) is 2.75. The van der Waals surface area contributed by atoms with E-state index in [0.717, 1.165) is 5.56 Å². The summed E-state index contributed by atoms with van der Waals surface area (Å²) < 4.78 is 28.4. The van der Waals surface area contributed by atoms with Gasteiger partial charge in [0.1, 0.15) is 17.3 Å². The van der Waals surface area contributed by atoms with E-state index in [4.69, 9.17) is 14.2 Å². The van der Waals surface area contributed by atoms with Crippen molar-refractivity contribution >= 4 is 11.9 Å². The number of ether oxygens (including phenoxy) is 3. The van der Waals surface area contributed by atoms with Gasteiger partial charge < -0.3 is 19.1 Å². The van der Waals surface area contributed by atoms with E-state index in [2.05, 4.69) is 0 Å². The van der Waals surface area contributed by atoms with Crippen molar-refractivity contribution in [3.8, 4) is 11.5 Å². The van der Waals surface area contributed by atoms with Crippen molar-refractivity contribution in [1.29, 1.82) is 0 Å². The molecule has 0 aliphatic rings. The molecule has 2 rings (SSSR count). The molecule has 150 valence electrons. The molecule has 0 aliphatic carbocycles. The van der Waals surface area contributed by atoms with Gasteiger partial charge in [-0.15, -0.1) is 0 Å². The van der Waals surface area contributed by atoms with Crippen LogP contribution in [0.5, 0.6) is 11.5 Å². The predicted octanol–water partition coefficient (Wildman–Crippen LogP) is 3.29. The topological polar surface area (TPSA) is 65.1 Å². The first kappa shape index (κ1) is 21.2. The first-order chi connectivity index (χ1) is 13.4. The van der Waals surface area contributed by atoms with Gasteiger partial charge in [0.15, 0.2) is 0 Å². The predicted molar refractivity (Wildman–Crippen MR) is 102 cm³/mol. The van der Waals surface area contributed by atoms with Gasteiger partial charge in [0.2, 0.25) is 0 Å². The summed E-state index contributed by atoms with van der Waals surface area (Å²) in [6.45, 7) is 2.03. The highest BCUT2D eigenvalue weighted by molar-refractivity contribution is 5.95. The lowest BCUT2D eigenvalue weighted by atomic mass is 10.1. The van der Waals surface area contributed by atoms with Crippen molar-refractivity contribution in [2.75, 3.05) is 27.9 Å². The third kappa shape index (κ3) is 5.45. The molecule has 2 aromatic carbocycles. The zero-order chi connectivity index (χ0) is 20.7. The van der Waals surface area contributed by atoms with E-state index in [0.29, 0.717) is 17.1 Å². The van der Waals surface area contributed by atoms with Crippen LogP contribution in [0.1, 0.15) is 22.8 Å². The molecule has 7 heteroatoms. The molecular formula is C21H24FNO5. The zero-order valence-corrected chi connectivity index (χ0v) is 16.4. The van der Waals surface area contributed by atoms with Crippen LogP contribution in [0.25, 0.3) is 0 Å². The van der Waals surface area contributed by atoms with E-state index in [1.54, 1.807) is 37.3 Å². The monoisotopic (exact) mass is 389 g/mol. The minimum Gasteiger partial charge on any atom is -0.497 e. The molecule has 0 radical (unpaired) electrons. The van der Waals surface area contributed by atoms with Crippen LogP contribution in [0.4, 0.5) is 4.39 Å². The molecule has 0 bridgehead atoms. The summed E-state index contributed by atoms with van der Waals surface area (Å²) in [5, 5.41) is 0. The molecule has 0 saturated heterocycles. The summed E-state index contributed by atoms with van der Waals surface area (Å²) in [5.41, 5.74) is 1.09. The van der Waals surface area contributed by atoms with Gasteiger partial charge in [-0.2, -0.15) is 0 Å². The lowest BCUT2D eigenvalue weighted by molar-refractivity contribution is -0.145. The second-order valence-electron chi connectivity index (χ2n) is 6.34. The van der Waals surface area contributed by atoms with Crippen LogP contribution in [0.2, 0.25) is 0 Å². The van der Waals surface area contributed by atoms with Gasteiger partial charge in [-0.25, -0.2) is 4.39 Å². The van der Waals surface area contributed by atoms with E-state index in [9.17, 15) is 14.0 Å². The average Bonchev–Trinajstić information content (AvgIpc) is 2.72. The summed E-state index contributed by atoms with van der Waals surface area (Å²) in [6.07, 6.45) is 0. The zero-order valence-electron chi connectivity index (χ0n) is 16.4. The molecular weight excluding hydrogens is 365 g/mol. The van der Waals surface area contributed by atoms with Gasteiger partial charge in [-0.1, -0.05) is 19.1 Å². The molecule has 0 aromatic heterocycles. The Labute approximate surface area is 163 Å². The number of benzene rings is 2. The largest absolute Gasteiger partial charge is 0.497 e. The van der Waals surface area contributed by atoms with E-state index < -0.39 is 11.9 Å². The highest BCUT2D eigenvalue weighted by atomic mass is 19.1. The molecule has 1 amide bonds. The van der Waals surface area contributed by atoms with Crippen molar-refractivity contribution < 1.29 is 28.2 Å². The Morgan fingerprint density at radius 2 is 1.57 bits per heavy atom. The van der Waals surface area contributed by atoms with Crippen molar-refractivity contribution in [2.45, 2.75) is 13.5 Å². The first-order valence-corrected chi connectivity index (χ1v) is 8.72. The maximum Gasteiger partial charge on any atom is 0.310 e. The van der Waals surface area contributed by atoms with Crippen LogP contribution in [0, 0.1) is 11.7 Å². The fourth-order valence-corrected chi connectivity index (χ4v) is 2.75. The number of hydrogen-bond acceptors (Lipinski definition) is 5. The molecule has 0 saturated carbocycles. The van der Waals surface area contributed by atoms with Crippen LogP contribution >= 0.6 is 0 Å². The third-order valence-electron chi connectivity index (χ3n) is 4.27. The number of halogens is 1.